The van der Waals surface area contributed by atoms with Gasteiger partial charge in [-0.3, -0.25) is 0 Å². The molecule has 0 amide bonds. The molecule has 1 unspecified atom stereocenters. The van der Waals surface area contributed by atoms with Crippen molar-refractivity contribution in [1.29, 1.82) is 0 Å². The van der Waals surface area contributed by atoms with Crippen LogP contribution in [0, 0.1) is 35.0 Å². The van der Waals surface area contributed by atoms with Crippen molar-refractivity contribution in [3.8, 4) is 0 Å². The van der Waals surface area contributed by atoms with Gasteiger partial charge in [0.15, 0.2) is 23.3 Å². The summed E-state index contributed by atoms with van der Waals surface area (Å²) in [6.45, 7) is 1.30. The van der Waals surface area contributed by atoms with Crippen LogP contribution in [0.25, 0.3) is 0 Å². The van der Waals surface area contributed by atoms with Crippen LogP contribution >= 0.6 is 0 Å². The lowest BCUT2D eigenvalue weighted by atomic mass is 10.1. The highest BCUT2D eigenvalue weighted by molar-refractivity contribution is 5.47. The average molecular weight is 281 g/mol. The third kappa shape index (κ3) is 2.80. The second-order valence-electron chi connectivity index (χ2n) is 4.39. The molecule has 0 spiro atoms. The summed E-state index contributed by atoms with van der Waals surface area (Å²) in [4.78, 5) is 0. The van der Waals surface area contributed by atoms with Gasteiger partial charge in [-0.15, -0.1) is 0 Å². The molecule has 106 valence electrons. The van der Waals surface area contributed by atoms with Gasteiger partial charge in [0.1, 0.15) is 5.69 Å². The molecule has 1 fully saturated rings. The van der Waals surface area contributed by atoms with Crippen molar-refractivity contribution in [2.75, 3.05) is 25.1 Å². The lowest BCUT2D eigenvalue weighted by Crippen LogP contribution is -2.13. The molecule has 1 saturated heterocycles. The number of hydrogen-bond acceptors (Lipinski definition) is 2. The van der Waals surface area contributed by atoms with Crippen LogP contribution < -0.4 is 5.32 Å². The molecular formula is C12H12F5NO. The highest BCUT2D eigenvalue weighted by Gasteiger charge is 2.25. The zero-order chi connectivity index (χ0) is 14.0. The van der Waals surface area contributed by atoms with Gasteiger partial charge in [-0.25, -0.2) is 22.0 Å². The summed E-state index contributed by atoms with van der Waals surface area (Å²) in [5.74, 6) is -9.45. The fourth-order valence-electron chi connectivity index (χ4n) is 1.97. The average Bonchev–Trinajstić information content (AvgIpc) is 2.91. The standard InChI is InChI=1S/C12H12F5NO/c13-7-8(14)10(16)12(11(17)9(7)15)18-3-1-6-2-4-19-5-6/h6,18H,1-5H2. The largest absolute Gasteiger partial charge is 0.381 e. The molecule has 2 nitrogen and oxygen atoms in total. The first-order valence-corrected chi connectivity index (χ1v) is 5.85. The molecule has 19 heavy (non-hydrogen) atoms. The normalized spacial score (nSPS) is 18.9. The summed E-state index contributed by atoms with van der Waals surface area (Å²) in [5.41, 5.74) is -0.977. The summed E-state index contributed by atoms with van der Waals surface area (Å²) >= 11 is 0. The molecule has 0 bridgehead atoms. The minimum Gasteiger partial charge on any atom is -0.381 e. The van der Waals surface area contributed by atoms with Crippen molar-refractivity contribution < 1.29 is 26.7 Å². The van der Waals surface area contributed by atoms with Crippen LogP contribution in [0.4, 0.5) is 27.6 Å². The van der Waals surface area contributed by atoms with Gasteiger partial charge in [0, 0.05) is 19.8 Å². The van der Waals surface area contributed by atoms with E-state index in [-0.39, 0.29) is 12.5 Å². The first kappa shape index (κ1) is 14.0. The van der Waals surface area contributed by atoms with Gasteiger partial charge in [0.25, 0.3) is 0 Å². The molecule has 1 N–H and O–H groups in total. The zero-order valence-corrected chi connectivity index (χ0v) is 9.91. The van der Waals surface area contributed by atoms with Crippen molar-refractivity contribution in [3.05, 3.63) is 29.1 Å². The van der Waals surface area contributed by atoms with Crippen LogP contribution in [-0.2, 0) is 4.74 Å². The summed E-state index contributed by atoms with van der Waals surface area (Å²) in [7, 11) is 0. The van der Waals surface area contributed by atoms with E-state index in [2.05, 4.69) is 5.32 Å². The van der Waals surface area contributed by atoms with Crippen molar-refractivity contribution >= 4 is 5.69 Å². The Morgan fingerprint density at radius 1 is 0.947 bits per heavy atom. The van der Waals surface area contributed by atoms with E-state index in [1.807, 2.05) is 0 Å². The quantitative estimate of drug-likeness (QED) is 0.520. The molecule has 0 aromatic heterocycles. The molecule has 0 saturated carbocycles. The lowest BCUT2D eigenvalue weighted by Gasteiger charge is -2.12. The Labute approximate surface area is 106 Å². The van der Waals surface area contributed by atoms with Crippen LogP contribution in [0.3, 0.4) is 0 Å². The maximum Gasteiger partial charge on any atom is 0.200 e. The van der Waals surface area contributed by atoms with Gasteiger partial charge in [0.2, 0.25) is 5.82 Å². The van der Waals surface area contributed by atoms with Gasteiger partial charge in [0.05, 0.1) is 0 Å². The molecule has 1 aliphatic heterocycles. The Hall–Kier alpha value is -1.37. The summed E-state index contributed by atoms with van der Waals surface area (Å²) in [6, 6.07) is 0. The third-order valence-corrected chi connectivity index (χ3v) is 3.09. The monoisotopic (exact) mass is 281 g/mol. The Bertz CT molecular complexity index is 445. The van der Waals surface area contributed by atoms with Gasteiger partial charge in [-0.05, 0) is 18.8 Å². The van der Waals surface area contributed by atoms with Gasteiger partial charge < -0.3 is 10.1 Å². The Morgan fingerprint density at radius 3 is 2.05 bits per heavy atom. The van der Waals surface area contributed by atoms with E-state index in [9.17, 15) is 22.0 Å². The van der Waals surface area contributed by atoms with E-state index in [1.54, 1.807) is 0 Å². The highest BCUT2D eigenvalue weighted by atomic mass is 19.2. The van der Waals surface area contributed by atoms with Crippen LogP contribution in [0.5, 0.6) is 0 Å². The van der Waals surface area contributed by atoms with Crippen LogP contribution in [0.15, 0.2) is 0 Å². The summed E-state index contributed by atoms with van der Waals surface area (Å²) < 4.78 is 70.3. The Morgan fingerprint density at radius 2 is 1.53 bits per heavy atom. The SMILES string of the molecule is Fc1c(F)c(F)c(NCCC2CCOC2)c(F)c1F. The van der Waals surface area contributed by atoms with E-state index < -0.39 is 34.8 Å². The molecular weight excluding hydrogens is 269 g/mol. The second-order valence-corrected chi connectivity index (χ2v) is 4.39. The van der Waals surface area contributed by atoms with E-state index in [4.69, 9.17) is 4.74 Å². The van der Waals surface area contributed by atoms with Crippen molar-refractivity contribution in [3.63, 3.8) is 0 Å². The van der Waals surface area contributed by atoms with Gasteiger partial charge >= 0.3 is 0 Å². The number of hydrogen-bond donors (Lipinski definition) is 1. The first-order valence-electron chi connectivity index (χ1n) is 5.85. The molecule has 1 heterocycles. The zero-order valence-electron chi connectivity index (χ0n) is 9.91. The molecule has 0 aliphatic carbocycles. The maximum atomic E-state index is 13.3. The fourth-order valence-corrected chi connectivity index (χ4v) is 1.97. The minimum absolute atomic E-state index is 0.117. The van der Waals surface area contributed by atoms with Crippen molar-refractivity contribution in [1.82, 2.24) is 0 Å². The van der Waals surface area contributed by atoms with Gasteiger partial charge in [-0.1, -0.05) is 0 Å². The second kappa shape index (κ2) is 5.73. The summed E-state index contributed by atoms with van der Waals surface area (Å²) in [6.07, 6.45) is 1.37. The van der Waals surface area contributed by atoms with E-state index in [0.29, 0.717) is 19.6 Å². The third-order valence-electron chi connectivity index (χ3n) is 3.09. The Kier molecular flexibility index (Phi) is 4.24. The number of halogens is 5. The highest BCUT2D eigenvalue weighted by Crippen LogP contribution is 2.27. The fraction of sp³-hybridized carbons (Fsp3) is 0.500. The number of anilines is 1. The Balaban J connectivity index is 2.07. The number of nitrogens with one attached hydrogen (secondary N) is 1. The molecule has 1 atom stereocenters. The van der Waals surface area contributed by atoms with Crippen molar-refractivity contribution in [2.24, 2.45) is 5.92 Å². The molecule has 0 radical (unpaired) electrons. The lowest BCUT2D eigenvalue weighted by molar-refractivity contribution is 0.185. The predicted molar refractivity (Wildman–Crippen MR) is 58.3 cm³/mol. The molecule has 7 heteroatoms. The van der Waals surface area contributed by atoms with Crippen LogP contribution in [0.2, 0.25) is 0 Å². The van der Waals surface area contributed by atoms with Gasteiger partial charge in [-0.2, -0.15) is 0 Å². The molecule has 1 aromatic carbocycles. The molecule has 1 aliphatic rings. The van der Waals surface area contributed by atoms with Crippen molar-refractivity contribution in [2.45, 2.75) is 12.8 Å². The van der Waals surface area contributed by atoms with Crippen LogP contribution in [-0.4, -0.2) is 19.8 Å². The number of ether oxygens (including phenoxy) is 1. The van der Waals surface area contributed by atoms with Crippen LogP contribution in [0.1, 0.15) is 12.8 Å². The minimum atomic E-state index is -2.15. The van der Waals surface area contributed by atoms with E-state index in [1.165, 1.54) is 0 Å². The predicted octanol–water partition coefficient (Wildman–Crippen LogP) is 3.22. The molecule has 1 aromatic rings. The number of benzene rings is 1. The molecule has 2 rings (SSSR count). The van der Waals surface area contributed by atoms with E-state index in [0.717, 1.165) is 6.42 Å². The smallest absolute Gasteiger partial charge is 0.200 e. The number of rotatable bonds is 4. The topological polar surface area (TPSA) is 21.3 Å². The van der Waals surface area contributed by atoms with E-state index >= 15 is 0 Å². The summed E-state index contributed by atoms with van der Waals surface area (Å²) in [5, 5.41) is 2.26. The first-order chi connectivity index (χ1) is 9.02. The maximum absolute atomic E-state index is 13.3.